The summed E-state index contributed by atoms with van der Waals surface area (Å²) in [4.78, 5) is 0. The van der Waals surface area contributed by atoms with E-state index in [1.54, 1.807) is 12.1 Å². The Kier molecular flexibility index (Phi) is 3.46. The third-order valence-electron chi connectivity index (χ3n) is 4.48. The van der Waals surface area contributed by atoms with Crippen LogP contribution in [-0.2, 0) is 4.74 Å². The molecule has 2 aliphatic rings. The van der Waals surface area contributed by atoms with E-state index in [1.165, 1.54) is 12.1 Å². The van der Waals surface area contributed by atoms with Gasteiger partial charge < -0.3 is 15.2 Å². The summed E-state index contributed by atoms with van der Waals surface area (Å²) in [6.07, 6.45) is 4.04. The van der Waals surface area contributed by atoms with Crippen LogP contribution in [0.25, 0.3) is 0 Å². The van der Waals surface area contributed by atoms with Gasteiger partial charge in [0.05, 0.1) is 12.6 Å². The number of fused-ring (bicyclic) bond motifs is 1. The molecule has 1 aliphatic carbocycles. The first-order valence-electron chi connectivity index (χ1n) is 7.01. The van der Waals surface area contributed by atoms with Gasteiger partial charge in [0, 0.05) is 12.3 Å². The molecule has 2 N–H and O–H groups in total. The second-order valence-electron chi connectivity index (χ2n) is 5.66. The van der Waals surface area contributed by atoms with Crippen molar-refractivity contribution in [1.82, 2.24) is 0 Å². The van der Waals surface area contributed by atoms with Crippen LogP contribution in [0.3, 0.4) is 0 Å². The van der Waals surface area contributed by atoms with E-state index in [-0.39, 0.29) is 11.9 Å². The first kappa shape index (κ1) is 12.9. The molecule has 0 aromatic heterocycles. The Morgan fingerprint density at radius 3 is 2.79 bits per heavy atom. The number of hydrogen-bond donors (Lipinski definition) is 2. The molecule has 3 nitrogen and oxygen atoms in total. The molecule has 0 amide bonds. The van der Waals surface area contributed by atoms with Crippen molar-refractivity contribution < 1.29 is 14.2 Å². The Balaban J connectivity index is 1.77. The van der Waals surface area contributed by atoms with E-state index >= 15 is 0 Å². The van der Waals surface area contributed by atoms with Gasteiger partial charge in [0.2, 0.25) is 0 Å². The molecular formula is C15H20FNO2. The number of hydrogen-bond acceptors (Lipinski definition) is 3. The molecule has 3 rings (SSSR count). The summed E-state index contributed by atoms with van der Waals surface area (Å²) in [6.45, 7) is 1.15. The fraction of sp³-hybridized carbons (Fsp3) is 0.600. The Morgan fingerprint density at radius 1 is 1.21 bits per heavy atom. The van der Waals surface area contributed by atoms with Gasteiger partial charge in [-0.2, -0.15) is 0 Å². The zero-order valence-electron chi connectivity index (χ0n) is 10.9. The molecule has 4 heteroatoms. The zero-order valence-corrected chi connectivity index (χ0v) is 10.9. The van der Waals surface area contributed by atoms with Crippen molar-refractivity contribution in [2.75, 3.05) is 18.5 Å². The van der Waals surface area contributed by atoms with Crippen LogP contribution >= 0.6 is 0 Å². The van der Waals surface area contributed by atoms with Crippen LogP contribution in [0.4, 0.5) is 10.1 Å². The van der Waals surface area contributed by atoms with Crippen LogP contribution in [0.5, 0.6) is 0 Å². The average molecular weight is 265 g/mol. The molecular weight excluding hydrogens is 245 g/mol. The maximum absolute atomic E-state index is 12.9. The van der Waals surface area contributed by atoms with E-state index in [0.717, 1.165) is 38.0 Å². The second-order valence-corrected chi connectivity index (χ2v) is 5.66. The molecule has 1 saturated carbocycles. The highest BCUT2D eigenvalue weighted by Gasteiger charge is 2.48. The molecule has 1 saturated heterocycles. The minimum absolute atomic E-state index is 0.0167. The second kappa shape index (κ2) is 5.10. The molecule has 104 valence electrons. The Hall–Kier alpha value is -1.13. The van der Waals surface area contributed by atoms with E-state index in [1.807, 2.05) is 0 Å². The average Bonchev–Trinajstić information content (AvgIpc) is 2.42. The number of rotatable bonds is 2. The molecule has 0 radical (unpaired) electrons. The third-order valence-corrected chi connectivity index (χ3v) is 4.48. The quantitative estimate of drug-likeness (QED) is 0.863. The van der Waals surface area contributed by atoms with Crippen molar-refractivity contribution in [1.29, 1.82) is 0 Å². The van der Waals surface area contributed by atoms with Crippen molar-refractivity contribution in [2.45, 2.75) is 37.3 Å². The van der Waals surface area contributed by atoms with E-state index < -0.39 is 5.60 Å². The Morgan fingerprint density at radius 2 is 2.00 bits per heavy atom. The Bertz CT molecular complexity index is 434. The summed E-state index contributed by atoms with van der Waals surface area (Å²) < 4.78 is 18.4. The molecule has 1 aromatic carbocycles. The summed E-state index contributed by atoms with van der Waals surface area (Å²) in [6, 6.07) is 6.28. The fourth-order valence-corrected chi connectivity index (χ4v) is 3.37. The van der Waals surface area contributed by atoms with Gasteiger partial charge in [-0.3, -0.25) is 0 Å². The lowest BCUT2D eigenvalue weighted by molar-refractivity contribution is -0.148. The van der Waals surface area contributed by atoms with Crippen LogP contribution in [0.2, 0.25) is 0 Å². The van der Waals surface area contributed by atoms with Gasteiger partial charge in [-0.25, -0.2) is 4.39 Å². The van der Waals surface area contributed by atoms with E-state index in [0.29, 0.717) is 12.5 Å². The van der Waals surface area contributed by atoms with Gasteiger partial charge in [-0.15, -0.1) is 0 Å². The smallest absolute Gasteiger partial charge is 0.123 e. The van der Waals surface area contributed by atoms with E-state index in [9.17, 15) is 9.50 Å². The number of nitrogens with one attached hydrogen (secondary N) is 1. The maximum atomic E-state index is 12.9. The SMILES string of the molecule is OC12COCCC1CCCC2Nc1ccc(F)cc1. The third kappa shape index (κ3) is 2.47. The maximum Gasteiger partial charge on any atom is 0.123 e. The first-order valence-corrected chi connectivity index (χ1v) is 7.01. The predicted octanol–water partition coefficient (Wildman–Crippen LogP) is 2.56. The monoisotopic (exact) mass is 265 g/mol. The summed E-state index contributed by atoms with van der Waals surface area (Å²) in [5.41, 5.74) is 0.0660. The molecule has 1 aliphatic heterocycles. The topological polar surface area (TPSA) is 41.5 Å². The van der Waals surface area contributed by atoms with Crippen LogP contribution in [0.1, 0.15) is 25.7 Å². The number of anilines is 1. The summed E-state index contributed by atoms with van der Waals surface area (Å²) in [5, 5.41) is 14.3. The molecule has 3 atom stereocenters. The van der Waals surface area contributed by atoms with E-state index in [2.05, 4.69) is 5.32 Å². The molecule has 2 fully saturated rings. The lowest BCUT2D eigenvalue weighted by Gasteiger charge is -2.48. The number of benzene rings is 1. The molecule has 0 spiro atoms. The standard InChI is InChI=1S/C15H20FNO2/c16-12-4-6-13(7-5-12)17-14-3-1-2-11-8-9-19-10-15(11,14)18/h4-7,11,14,17-18H,1-3,8-10H2. The lowest BCUT2D eigenvalue weighted by atomic mass is 9.70. The predicted molar refractivity (Wildman–Crippen MR) is 71.5 cm³/mol. The summed E-state index contributed by atoms with van der Waals surface area (Å²) >= 11 is 0. The van der Waals surface area contributed by atoms with Crippen molar-refractivity contribution in [2.24, 2.45) is 5.92 Å². The van der Waals surface area contributed by atoms with Gasteiger partial charge in [0.1, 0.15) is 11.4 Å². The van der Waals surface area contributed by atoms with Crippen molar-refractivity contribution in [3.63, 3.8) is 0 Å². The van der Waals surface area contributed by atoms with Gasteiger partial charge in [0.25, 0.3) is 0 Å². The summed E-state index contributed by atoms with van der Waals surface area (Å²) in [5.74, 6) is 0.0692. The fourth-order valence-electron chi connectivity index (χ4n) is 3.37. The number of ether oxygens (including phenoxy) is 1. The zero-order chi connectivity index (χ0) is 13.3. The van der Waals surface area contributed by atoms with Crippen molar-refractivity contribution >= 4 is 5.69 Å². The van der Waals surface area contributed by atoms with E-state index in [4.69, 9.17) is 4.74 Å². The van der Waals surface area contributed by atoms with Crippen LogP contribution in [0.15, 0.2) is 24.3 Å². The van der Waals surface area contributed by atoms with Crippen LogP contribution in [0, 0.1) is 11.7 Å². The number of aliphatic hydroxyl groups is 1. The van der Waals surface area contributed by atoms with Gasteiger partial charge in [0.15, 0.2) is 0 Å². The highest BCUT2D eigenvalue weighted by Crippen LogP contribution is 2.40. The van der Waals surface area contributed by atoms with Gasteiger partial charge in [-0.05, 0) is 49.4 Å². The minimum atomic E-state index is -0.787. The van der Waals surface area contributed by atoms with Crippen molar-refractivity contribution in [3.8, 4) is 0 Å². The highest BCUT2D eigenvalue weighted by atomic mass is 19.1. The minimum Gasteiger partial charge on any atom is -0.385 e. The summed E-state index contributed by atoms with van der Waals surface area (Å²) in [7, 11) is 0. The van der Waals surface area contributed by atoms with Crippen LogP contribution in [-0.4, -0.2) is 30.0 Å². The largest absolute Gasteiger partial charge is 0.385 e. The molecule has 19 heavy (non-hydrogen) atoms. The first-order chi connectivity index (χ1) is 9.18. The van der Waals surface area contributed by atoms with Gasteiger partial charge in [-0.1, -0.05) is 6.42 Å². The number of halogens is 1. The highest BCUT2D eigenvalue weighted by molar-refractivity contribution is 5.44. The van der Waals surface area contributed by atoms with Crippen molar-refractivity contribution in [3.05, 3.63) is 30.1 Å². The van der Waals surface area contributed by atoms with Crippen LogP contribution < -0.4 is 5.32 Å². The molecule has 0 bridgehead atoms. The molecule has 1 aromatic rings. The lowest BCUT2D eigenvalue weighted by Crippen LogP contribution is -2.60. The Labute approximate surface area is 112 Å². The molecule has 1 heterocycles. The van der Waals surface area contributed by atoms with Gasteiger partial charge >= 0.3 is 0 Å². The molecule has 3 unspecified atom stereocenters. The normalized spacial score (nSPS) is 34.6.